The summed E-state index contributed by atoms with van der Waals surface area (Å²) in [7, 11) is -1.78. The van der Waals surface area contributed by atoms with Crippen LogP contribution in [-0.4, -0.2) is 23.7 Å². The van der Waals surface area contributed by atoms with Crippen LogP contribution in [0.15, 0.2) is 17.1 Å². The van der Waals surface area contributed by atoms with Crippen LogP contribution in [0.4, 0.5) is 4.39 Å². The Balaban J connectivity index is 2.82. The van der Waals surface area contributed by atoms with Gasteiger partial charge < -0.3 is 10.0 Å². The Morgan fingerprint density at radius 1 is 1.38 bits per heavy atom. The average molecular weight is 179 g/mol. The van der Waals surface area contributed by atoms with Crippen LogP contribution in [0.3, 0.4) is 0 Å². The van der Waals surface area contributed by atoms with Crippen LogP contribution in [0, 0.1) is 5.82 Å². The third kappa shape index (κ3) is 1.26. The van der Waals surface area contributed by atoms with E-state index in [-0.39, 0.29) is 5.46 Å². The first-order valence-corrected chi connectivity index (χ1v) is 3.89. The molecule has 0 atom stereocenters. The molecule has 1 aliphatic heterocycles. The van der Waals surface area contributed by atoms with E-state index in [4.69, 9.17) is 10.0 Å². The summed E-state index contributed by atoms with van der Waals surface area (Å²) in [6.45, 7) is 0.471. The number of hydrogen-bond donors (Lipinski definition) is 2. The van der Waals surface area contributed by atoms with Crippen LogP contribution < -0.4 is 16.0 Å². The highest BCUT2D eigenvalue weighted by atomic mass is 19.1. The Bertz CT molecular complexity index is 458. The van der Waals surface area contributed by atoms with Gasteiger partial charge in [0, 0.05) is 10.7 Å². The molecule has 1 aromatic rings. The molecular weight excluding hydrogens is 172 g/mol. The lowest BCUT2D eigenvalue weighted by atomic mass is 9.78. The highest BCUT2D eigenvalue weighted by Crippen LogP contribution is 1.89. The summed E-state index contributed by atoms with van der Waals surface area (Å²) in [6, 6.07) is 2.72. The molecule has 0 saturated carbocycles. The first-order chi connectivity index (χ1) is 6.20. The van der Waals surface area contributed by atoms with E-state index in [1.807, 2.05) is 0 Å². The van der Waals surface area contributed by atoms with Gasteiger partial charge in [-0.1, -0.05) is 6.08 Å². The van der Waals surface area contributed by atoms with Crippen molar-refractivity contribution in [1.29, 1.82) is 0 Å². The molecule has 0 spiro atoms. The summed E-state index contributed by atoms with van der Waals surface area (Å²) in [5.74, 6) is -0.609. The number of halogens is 1. The minimum Gasteiger partial charge on any atom is -0.423 e. The fraction of sp³-hybridized carbons (Fsp3) is 0.125. The van der Waals surface area contributed by atoms with E-state index in [0.29, 0.717) is 17.1 Å². The first kappa shape index (κ1) is 8.41. The van der Waals surface area contributed by atoms with Crippen molar-refractivity contribution in [2.75, 3.05) is 6.54 Å². The maximum absolute atomic E-state index is 13.1. The standard InChI is InChI=1S/C8H7BFNO2/c10-6-1-2-7-5(3-4-11-7)8(6)9(12)13/h1-3,12-13H,4H2. The summed E-state index contributed by atoms with van der Waals surface area (Å²) in [5.41, 5.74) is -0.0845. The Morgan fingerprint density at radius 3 is 2.85 bits per heavy atom. The second kappa shape index (κ2) is 2.94. The Hall–Kier alpha value is -1.20. The van der Waals surface area contributed by atoms with Gasteiger partial charge in [0.05, 0.1) is 11.9 Å². The summed E-state index contributed by atoms with van der Waals surface area (Å²) in [5, 5.41) is 19.0. The van der Waals surface area contributed by atoms with Crippen LogP contribution in [0.1, 0.15) is 0 Å². The Labute approximate surface area is 74.0 Å². The molecule has 5 heteroatoms. The highest BCUT2D eigenvalue weighted by molar-refractivity contribution is 6.58. The predicted octanol–water partition coefficient (Wildman–Crippen LogP) is -2.08. The number of fused-ring (bicyclic) bond motifs is 1. The zero-order valence-electron chi connectivity index (χ0n) is 6.74. The van der Waals surface area contributed by atoms with E-state index >= 15 is 0 Å². The zero-order valence-corrected chi connectivity index (χ0v) is 6.74. The first-order valence-electron chi connectivity index (χ1n) is 3.89. The van der Waals surface area contributed by atoms with Crippen LogP contribution in [-0.2, 0) is 0 Å². The molecule has 13 heavy (non-hydrogen) atoms. The van der Waals surface area contributed by atoms with Gasteiger partial charge in [0.15, 0.2) is 0 Å². The molecule has 0 aliphatic carbocycles. The molecule has 0 fully saturated rings. The topological polar surface area (TPSA) is 52.8 Å². The van der Waals surface area contributed by atoms with E-state index < -0.39 is 12.9 Å². The van der Waals surface area contributed by atoms with Crippen LogP contribution in [0.2, 0.25) is 0 Å². The minimum absolute atomic E-state index is 0.0845. The van der Waals surface area contributed by atoms with Crippen molar-refractivity contribution in [1.82, 2.24) is 0 Å². The van der Waals surface area contributed by atoms with E-state index in [0.717, 1.165) is 0 Å². The summed E-state index contributed by atoms with van der Waals surface area (Å²) >= 11 is 0. The molecule has 0 aromatic heterocycles. The quantitative estimate of drug-likeness (QED) is 0.486. The number of rotatable bonds is 1. The number of nitrogens with zero attached hydrogens (tertiary/aromatic N) is 1. The van der Waals surface area contributed by atoms with Gasteiger partial charge in [0.25, 0.3) is 0 Å². The molecule has 0 radical (unpaired) electrons. The van der Waals surface area contributed by atoms with Crippen molar-refractivity contribution in [3.63, 3.8) is 0 Å². The molecule has 0 bridgehead atoms. The molecule has 3 nitrogen and oxygen atoms in total. The molecule has 1 heterocycles. The molecule has 1 aromatic carbocycles. The van der Waals surface area contributed by atoms with Gasteiger partial charge in [0.1, 0.15) is 5.82 Å². The van der Waals surface area contributed by atoms with Gasteiger partial charge >= 0.3 is 7.12 Å². The lowest BCUT2D eigenvalue weighted by molar-refractivity contribution is 0.422. The van der Waals surface area contributed by atoms with Crippen molar-refractivity contribution in [3.05, 3.63) is 28.5 Å². The number of hydrogen-bond acceptors (Lipinski definition) is 3. The normalized spacial score (nSPS) is 13.2. The maximum Gasteiger partial charge on any atom is 0.492 e. The molecule has 66 valence electrons. The number of benzene rings is 1. The van der Waals surface area contributed by atoms with Gasteiger partial charge in [-0.2, -0.15) is 0 Å². The van der Waals surface area contributed by atoms with E-state index in [1.165, 1.54) is 12.1 Å². The van der Waals surface area contributed by atoms with Gasteiger partial charge in [-0.25, -0.2) is 4.39 Å². The van der Waals surface area contributed by atoms with Crippen LogP contribution in [0.5, 0.6) is 0 Å². The average Bonchev–Trinajstić information content (AvgIpc) is 2.50. The Morgan fingerprint density at radius 2 is 2.15 bits per heavy atom. The maximum atomic E-state index is 13.1. The van der Waals surface area contributed by atoms with Gasteiger partial charge in [-0.15, -0.1) is 0 Å². The molecule has 2 rings (SSSR count). The van der Waals surface area contributed by atoms with Crippen molar-refractivity contribution in [2.45, 2.75) is 0 Å². The van der Waals surface area contributed by atoms with E-state index in [9.17, 15) is 4.39 Å². The fourth-order valence-corrected chi connectivity index (χ4v) is 1.45. The third-order valence-electron chi connectivity index (χ3n) is 2.03. The molecule has 2 N–H and O–H groups in total. The zero-order chi connectivity index (χ0) is 9.42. The van der Waals surface area contributed by atoms with Crippen molar-refractivity contribution in [3.8, 4) is 0 Å². The molecule has 1 aliphatic rings. The van der Waals surface area contributed by atoms with Gasteiger partial charge in [0.2, 0.25) is 0 Å². The minimum atomic E-state index is -1.78. The van der Waals surface area contributed by atoms with Gasteiger partial charge in [-0.05, 0) is 12.1 Å². The summed E-state index contributed by atoms with van der Waals surface area (Å²) < 4.78 is 13.1. The predicted molar refractivity (Wildman–Crippen MR) is 46.3 cm³/mol. The molecule has 0 amide bonds. The molecule has 0 unspecified atom stereocenters. The smallest absolute Gasteiger partial charge is 0.423 e. The van der Waals surface area contributed by atoms with Crippen molar-refractivity contribution >= 4 is 18.7 Å². The van der Waals surface area contributed by atoms with Crippen LogP contribution in [0.25, 0.3) is 6.08 Å². The van der Waals surface area contributed by atoms with Gasteiger partial charge in [-0.3, -0.25) is 4.99 Å². The third-order valence-corrected chi connectivity index (χ3v) is 2.03. The lowest BCUT2D eigenvalue weighted by Gasteiger charge is -2.00. The van der Waals surface area contributed by atoms with Crippen LogP contribution >= 0.6 is 0 Å². The monoisotopic (exact) mass is 179 g/mol. The van der Waals surface area contributed by atoms with E-state index in [2.05, 4.69) is 4.99 Å². The second-order valence-corrected chi connectivity index (χ2v) is 2.81. The van der Waals surface area contributed by atoms with Crippen molar-refractivity contribution in [2.24, 2.45) is 4.99 Å². The van der Waals surface area contributed by atoms with E-state index in [1.54, 1.807) is 6.08 Å². The summed E-state index contributed by atoms with van der Waals surface area (Å²) in [4.78, 5) is 4.04. The fourth-order valence-electron chi connectivity index (χ4n) is 1.45. The molecular formula is C8H7BFNO2. The lowest BCUT2D eigenvalue weighted by Crippen LogP contribution is -2.49. The SMILES string of the molecule is OB(O)c1c(F)ccc2c1=CCN=2. The molecule has 0 saturated heterocycles. The Kier molecular flexibility index (Phi) is 1.90. The largest absolute Gasteiger partial charge is 0.492 e. The van der Waals surface area contributed by atoms with Crippen molar-refractivity contribution < 1.29 is 14.4 Å². The summed E-state index contributed by atoms with van der Waals surface area (Å²) in [6.07, 6.45) is 1.67. The second-order valence-electron chi connectivity index (χ2n) is 2.81. The highest BCUT2D eigenvalue weighted by Gasteiger charge is 2.19.